The molecule has 15 heteroatoms. The number of nitrogens with zero attached hydrogens (tertiary/aromatic N) is 1. The number of carbonyl (C=O) groups excluding carboxylic acids is 2. The van der Waals surface area contributed by atoms with Gasteiger partial charge in [-0.25, -0.2) is 15.0 Å². The van der Waals surface area contributed by atoms with E-state index in [-0.39, 0.29) is 6.42 Å². The van der Waals surface area contributed by atoms with E-state index < -0.39 is 79.7 Å². The molecule has 5 atom stereocenters. The van der Waals surface area contributed by atoms with Gasteiger partial charge in [0.25, 0.3) is 5.56 Å². The van der Waals surface area contributed by atoms with Crippen molar-refractivity contribution in [3.05, 3.63) is 45.8 Å². The molecule has 0 aliphatic carbocycles. The van der Waals surface area contributed by atoms with Crippen LogP contribution in [0, 0.1) is 0 Å². The minimum atomic E-state index is -4.19. The second-order valence-electron chi connectivity index (χ2n) is 9.56. The Morgan fingerprint density at radius 3 is 2.16 bits per heavy atom. The van der Waals surface area contributed by atoms with Crippen LogP contribution in [0.5, 0.6) is 0 Å². The molecule has 14 nitrogen and oxygen atoms in total. The Kier molecular flexibility index (Phi) is 10.8. The van der Waals surface area contributed by atoms with Gasteiger partial charge in [-0.3, -0.25) is 28.5 Å². The van der Waals surface area contributed by atoms with E-state index in [4.69, 9.17) is 18.7 Å². The Morgan fingerprint density at radius 2 is 1.71 bits per heavy atom. The van der Waals surface area contributed by atoms with Crippen LogP contribution >= 0.6 is 7.67 Å². The molecule has 1 aromatic heterocycles. The number of aliphatic hydroxyl groups is 1. The molecule has 1 aromatic rings. The number of hydrogen-bond acceptors (Lipinski definition) is 10. The van der Waals surface area contributed by atoms with Gasteiger partial charge < -0.3 is 23.8 Å². The maximum absolute atomic E-state index is 13.8. The first-order valence-electron chi connectivity index (χ1n) is 12.1. The Hall–Kier alpha value is -2.61. The monoisotopic (exact) mass is 560 g/mol. The molecule has 2 heterocycles. The Balaban J connectivity index is 2.27. The van der Waals surface area contributed by atoms with Gasteiger partial charge in [0.2, 0.25) is 0 Å². The van der Waals surface area contributed by atoms with E-state index >= 15 is 0 Å². The summed E-state index contributed by atoms with van der Waals surface area (Å²) in [4.78, 5) is 50.4. The van der Waals surface area contributed by atoms with Gasteiger partial charge in [-0.15, -0.1) is 6.58 Å². The van der Waals surface area contributed by atoms with Crippen LogP contribution in [-0.4, -0.2) is 69.2 Å². The number of aromatic amines is 1. The maximum atomic E-state index is 13.8. The number of hydrogen-bond donors (Lipinski definition) is 4. The fourth-order valence-corrected chi connectivity index (χ4v) is 5.43. The lowest BCUT2D eigenvalue weighted by molar-refractivity contribution is -0.149. The largest absolute Gasteiger partial charge is 0.462 e. The van der Waals surface area contributed by atoms with Crippen LogP contribution in [0.4, 0.5) is 0 Å². The van der Waals surface area contributed by atoms with E-state index in [0.29, 0.717) is 0 Å². The summed E-state index contributed by atoms with van der Waals surface area (Å²) in [5.41, 5.74) is -2.85. The molecule has 1 aliphatic rings. The van der Waals surface area contributed by atoms with Gasteiger partial charge >= 0.3 is 25.3 Å². The highest BCUT2D eigenvalue weighted by molar-refractivity contribution is 7.54. The molecule has 0 radical (unpaired) electrons. The average Bonchev–Trinajstić information content (AvgIpc) is 3.13. The molecule has 0 saturated carbocycles. The number of aliphatic hydroxyl groups excluding tert-OH is 1. The lowest BCUT2D eigenvalue weighted by Gasteiger charge is -2.31. The molecule has 4 N–H and O–H groups in total. The van der Waals surface area contributed by atoms with Crippen molar-refractivity contribution in [2.75, 3.05) is 6.61 Å². The third-order valence-corrected chi connectivity index (χ3v) is 7.31. The van der Waals surface area contributed by atoms with Crippen LogP contribution in [0.2, 0.25) is 0 Å². The van der Waals surface area contributed by atoms with E-state index in [0.717, 1.165) is 10.6 Å². The summed E-state index contributed by atoms with van der Waals surface area (Å²) in [7, 11) is -4.19. The van der Waals surface area contributed by atoms with Gasteiger partial charge in [0.1, 0.15) is 23.8 Å². The van der Waals surface area contributed by atoms with Crippen molar-refractivity contribution in [1.29, 1.82) is 0 Å². The van der Waals surface area contributed by atoms with Crippen LogP contribution in [0.25, 0.3) is 0 Å². The second kappa shape index (κ2) is 13.0. The molecular weight excluding hydrogens is 523 g/mol. The van der Waals surface area contributed by atoms with Crippen molar-refractivity contribution in [1.82, 2.24) is 19.7 Å². The molecule has 2 rings (SSSR count). The first kappa shape index (κ1) is 31.6. The predicted octanol–water partition coefficient (Wildman–Crippen LogP) is 0.725. The summed E-state index contributed by atoms with van der Waals surface area (Å²) < 4.78 is 36.8. The van der Waals surface area contributed by atoms with Crippen molar-refractivity contribution in [3.63, 3.8) is 0 Å². The fourth-order valence-electron chi connectivity index (χ4n) is 3.57. The summed E-state index contributed by atoms with van der Waals surface area (Å²) in [6.07, 6.45) is -0.891. The van der Waals surface area contributed by atoms with Gasteiger partial charge in [0.05, 0.1) is 18.8 Å². The van der Waals surface area contributed by atoms with Crippen LogP contribution in [-0.2, 0) is 32.9 Å². The zero-order valence-electron chi connectivity index (χ0n) is 22.3. The van der Waals surface area contributed by atoms with Gasteiger partial charge in [0, 0.05) is 18.7 Å². The van der Waals surface area contributed by atoms with Crippen LogP contribution < -0.4 is 21.4 Å². The summed E-state index contributed by atoms with van der Waals surface area (Å²) in [5.74, 6) is -1.40. The van der Waals surface area contributed by atoms with Crippen molar-refractivity contribution >= 4 is 19.6 Å². The van der Waals surface area contributed by atoms with Gasteiger partial charge in [-0.1, -0.05) is 6.08 Å². The highest BCUT2D eigenvalue weighted by Gasteiger charge is 2.47. The number of ether oxygens (including phenoxy) is 3. The summed E-state index contributed by atoms with van der Waals surface area (Å²) in [5, 5.41) is 15.8. The molecule has 0 unspecified atom stereocenters. The Bertz CT molecular complexity index is 1130. The smallest absolute Gasteiger partial charge is 0.342 e. The van der Waals surface area contributed by atoms with Crippen molar-refractivity contribution < 1.29 is 38.0 Å². The molecule has 0 aromatic carbocycles. The van der Waals surface area contributed by atoms with Crippen molar-refractivity contribution in [3.8, 4) is 0 Å². The van der Waals surface area contributed by atoms with Crippen LogP contribution in [0.15, 0.2) is 34.5 Å². The molecule has 38 heavy (non-hydrogen) atoms. The average molecular weight is 561 g/mol. The molecule has 0 spiro atoms. The molecule has 1 fully saturated rings. The van der Waals surface area contributed by atoms with Gasteiger partial charge in [-0.05, 0) is 41.5 Å². The van der Waals surface area contributed by atoms with Crippen molar-refractivity contribution in [2.24, 2.45) is 0 Å². The molecule has 1 saturated heterocycles. The SMILES string of the molecule is C=C[C@@]1(COP(=O)(N[C@@H](C)C(=O)OC(C)C)N[C@@H](C)C(=O)OC(C)C)C[C@@H](O)[C@H](n2ccc(=O)[nH]c2=O)O1. The molecular formula is C23H37N4O10P. The predicted molar refractivity (Wildman–Crippen MR) is 136 cm³/mol. The highest BCUT2D eigenvalue weighted by Crippen LogP contribution is 2.44. The Labute approximate surface area is 220 Å². The number of nitrogens with one attached hydrogen (secondary N) is 3. The number of esters is 2. The number of H-pyrrole nitrogens is 1. The molecule has 1 aliphatic heterocycles. The van der Waals surface area contributed by atoms with E-state index in [1.165, 1.54) is 26.1 Å². The van der Waals surface area contributed by atoms with E-state index in [9.17, 15) is 28.8 Å². The summed E-state index contributed by atoms with van der Waals surface area (Å²) in [6.45, 7) is 12.7. The zero-order valence-corrected chi connectivity index (χ0v) is 23.2. The third kappa shape index (κ3) is 8.45. The maximum Gasteiger partial charge on any atom is 0.342 e. The highest BCUT2D eigenvalue weighted by atomic mass is 31.2. The lowest BCUT2D eigenvalue weighted by atomic mass is 10.0. The minimum absolute atomic E-state index is 0.109. The summed E-state index contributed by atoms with van der Waals surface area (Å²) in [6, 6.07) is -1.11. The Morgan fingerprint density at radius 1 is 1.18 bits per heavy atom. The van der Waals surface area contributed by atoms with Gasteiger partial charge in [0.15, 0.2) is 6.23 Å². The minimum Gasteiger partial charge on any atom is -0.462 e. The molecule has 0 bridgehead atoms. The van der Waals surface area contributed by atoms with Crippen LogP contribution in [0.1, 0.15) is 54.2 Å². The lowest BCUT2D eigenvalue weighted by Crippen LogP contribution is -2.44. The van der Waals surface area contributed by atoms with E-state index in [1.807, 2.05) is 0 Å². The third-order valence-electron chi connectivity index (χ3n) is 5.37. The van der Waals surface area contributed by atoms with E-state index in [2.05, 4.69) is 21.7 Å². The van der Waals surface area contributed by atoms with Crippen LogP contribution in [0.3, 0.4) is 0 Å². The normalized spacial score (nSPS) is 23.3. The number of rotatable bonds is 13. The van der Waals surface area contributed by atoms with E-state index in [1.54, 1.807) is 27.7 Å². The first-order valence-corrected chi connectivity index (χ1v) is 13.7. The standard InChI is InChI=1S/C23H37N4O10P/c1-8-23(11-17(28)19(37-23)27-10-9-18(29)24-22(27)32)12-34-38(33,25-15(6)20(30)35-13(2)3)26-16(7)21(31)36-14(4)5/h8-10,13-17,19,28H,1,11-12H2,2-7H3,(H,24,29,32)(H2,25,26,33)/t15-,16-,17+,19+,23-/m0/s1. The first-order chi connectivity index (χ1) is 17.6. The quantitative estimate of drug-likeness (QED) is 0.151. The second-order valence-corrected chi connectivity index (χ2v) is 11.4. The zero-order chi connectivity index (χ0) is 28.8. The molecule has 0 amide bonds. The fraction of sp³-hybridized carbons (Fsp3) is 0.652. The van der Waals surface area contributed by atoms with Gasteiger partial charge in [-0.2, -0.15) is 0 Å². The summed E-state index contributed by atoms with van der Waals surface area (Å²) >= 11 is 0. The topological polar surface area (TPSA) is 187 Å². The molecule has 214 valence electrons. The number of carbonyl (C=O) groups is 2. The van der Waals surface area contributed by atoms with Crippen molar-refractivity contribution in [2.45, 2.75) is 90.2 Å². The number of aromatic nitrogens is 2.